The third-order valence-corrected chi connectivity index (χ3v) is 3.79. The van der Waals surface area contributed by atoms with Gasteiger partial charge in [0.2, 0.25) is 0 Å². The average Bonchev–Trinajstić information content (AvgIpc) is 2.25. The molecule has 1 saturated carbocycles. The van der Waals surface area contributed by atoms with Gasteiger partial charge in [0.1, 0.15) is 11.6 Å². The summed E-state index contributed by atoms with van der Waals surface area (Å²) in [4.78, 5) is 0. The van der Waals surface area contributed by atoms with Crippen molar-refractivity contribution >= 4 is 0 Å². The molecular weight excluding hydrogens is 229 g/mol. The van der Waals surface area contributed by atoms with Crippen LogP contribution in [0.3, 0.4) is 0 Å². The molecule has 100 valence electrons. The first kappa shape index (κ1) is 13.3. The van der Waals surface area contributed by atoms with Crippen molar-refractivity contribution < 1.29 is 9.13 Å². The van der Waals surface area contributed by atoms with Gasteiger partial charge in [0, 0.05) is 11.6 Å². The summed E-state index contributed by atoms with van der Waals surface area (Å²) in [6.45, 7) is 4.30. The lowest BCUT2D eigenvalue weighted by Crippen LogP contribution is -2.15. The minimum absolute atomic E-state index is 0.209. The lowest BCUT2D eigenvalue weighted by molar-refractivity contribution is 0.220. The zero-order valence-electron chi connectivity index (χ0n) is 11.2. The molecule has 0 bridgehead atoms. The second kappa shape index (κ2) is 5.70. The smallest absolute Gasteiger partial charge is 0.126 e. The highest BCUT2D eigenvalue weighted by Gasteiger charge is 2.18. The summed E-state index contributed by atoms with van der Waals surface area (Å²) < 4.78 is 19.3. The Morgan fingerprint density at radius 3 is 2.72 bits per heavy atom. The van der Waals surface area contributed by atoms with Crippen LogP contribution in [0.25, 0.3) is 0 Å². The van der Waals surface area contributed by atoms with Crippen LogP contribution < -0.4 is 10.5 Å². The summed E-state index contributed by atoms with van der Waals surface area (Å²) in [5, 5.41) is 0. The van der Waals surface area contributed by atoms with Crippen molar-refractivity contribution in [3.05, 3.63) is 29.1 Å². The fraction of sp³-hybridized carbons (Fsp3) is 0.600. The van der Waals surface area contributed by atoms with Crippen molar-refractivity contribution in [3.63, 3.8) is 0 Å². The van der Waals surface area contributed by atoms with Crippen molar-refractivity contribution in [3.8, 4) is 5.75 Å². The monoisotopic (exact) mass is 251 g/mol. The van der Waals surface area contributed by atoms with Gasteiger partial charge in [0.05, 0.1) is 6.61 Å². The molecule has 1 aromatic rings. The Hall–Kier alpha value is -1.09. The fourth-order valence-corrected chi connectivity index (χ4v) is 2.27. The van der Waals surface area contributed by atoms with Gasteiger partial charge in [-0.05, 0) is 43.9 Å². The first-order valence-corrected chi connectivity index (χ1v) is 6.76. The molecule has 0 aromatic heterocycles. The molecule has 2 rings (SSSR count). The largest absolute Gasteiger partial charge is 0.493 e. The van der Waals surface area contributed by atoms with E-state index in [2.05, 4.69) is 0 Å². The van der Waals surface area contributed by atoms with Gasteiger partial charge in [-0.15, -0.1) is 0 Å². The molecule has 1 aromatic carbocycles. The molecule has 1 aliphatic carbocycles. The normalized spacial score (nSPS) is 17.3. The van der Waals surface area contributed by atoms with E-state index in [1.54, 1.807) is 13.0 Å². The standard InChI is InChI=1S/C15H22FNO/c1-10-8-15(13(11(2)17)9-14(10)16)18-7-6-12-4-3-5-12/h8-9,11-12H,3-7,17H2,1-2H3/t11-/m0/s1. The topological polar surface area (TPSA) is 35.2 Å². The Labute approximate surface area is 108 Å². The van der Waals surface area contributed by atoms with Gasteiger partial charge in [-0.3, -0.25) is 0 Å². The lowest BCUT2D eigenvalue weighted by Gasteiger charge is -2.25. The SMILES string of the molecule is Cc1cc(OCCC2CCC2)c([C@H](C)N)cc1F. The molecule has 0 amide bonds. The van der Waals surface area contributed by atoms with E-state index in [1.807, 2.05) is 6.92 Å². The highest BCUT2D eigenvalue weighted by molar-refractivity contribution is 5.39. The van der Waals surface area contributed by atoms with Gasteiger partial charge in [0.15, 0.2) is 0 Å². The molecule has 0 aliphatic heterocycles. The summed E-state index contributed by atoms with van der Waals surface area (Å²) >= 11 is 0. The number of halogens is 1. The number of hydrogen-bond acceptors (Lipinski definition) is 2. The zero-order valence-corrected chi connectivity index (χ0v) is 11.2. The highest BCUT2D eigenvalue weighted by Crippen LogP contribution is 2.31. The van der Waals surface area contributed by atoms with Gasteiger partial charge < -0.3 is 10.5 Å². The molecule has 3 heteroatoms. The minimum Gasteiger partial charge on any atom is -0.493 e. The summed E-state index contributed by atoms with van der Waals surface area (Å²) in [5.41, 5.74) is 7.22. The molecule has 0 radical (unpaired) electrons. The number of rotatable bonds is 5. The van der Waals surface area contributed by atoms with Crippen molar-refractivity contribution in [2.45, 2.75) is 45.6 Å². The molecule has 0 saturated heterocycles. The Bertz CT molecular complexity index is 413. The summed E-state index contributed by atoms with van der Waals surface area (Å²) in [6, 6.07) is 3.05. The number of nitrogens with two attached hydrogens (primary N) is 1. The van der Waals surface area contributed by atoms with Crippen LogP contribution in [0.1, 0.15) is 49.8 Å². The van der Waals surface area contributed by atoms with E-state index < -0.39 is 0 Å². The summed E-state index contributed by atoms with van der Waals surface area (Å²) in [7, 11) is 0. The van der Waals surface area contributed by atoms with E-state index >= 15 is 0 Å². The summed E-state index contributed by atoms with van der Waals surface area (Å²) in [6.07, 6.45) is 5.10. The Morgan fingerprint density at radius 2 is 2.17 bits per heavy atom. The van der Waals surface area contributed by atoms with Crippen LogP contribution in [0, 0.1) is 18.7 Å². The third-order valence-electron chi connectivity index (χ3n) is 3.79. The van der Waals surface area contributed by atoms with Crippen LogP contribution in [0.2, 0.25) is 0 Å². The van der Waals surface area contributed by atoms with E-state index in [1.165, 1.54) is 25.3 Å². The summed E-state index contributed by atoms with van der Waals surface area (Å²) in [5.74, 6) is 1.35. The van der Waals surface area contributed by atoms with Gasteiger partial charge in [-0.1, -0.05) is 19.3 Å². The van der Waals surface area contributed by atoms with Gasteiger partial charge >= 0.3 is 0 Å². The number of hydrogen-bond donors (Lipinski definition) is 1. The third kappa shape index (κ3) is 3.02. The molecule has 1 aliphatic rings. The van der Waals surface area contributed by atoms with Crippen LogP contribution in [-0.2, 0) is 0 Å². The maximum Gasteiger partial charge on any atom is 0.126 e. The predicted octanol–water partition coefficient (Wildman–Crippen LogP) is 3.72. The number of ether oxygens (including phenoxy) is 1. The zero-order chi connectivity index (χ0) is 13.1. The molecule has 0 heterocycles. The molecule has 1 atom stereocenters. The highest BCUT2D eigenvalue weighted by atomic mass is 19.1. The van der Waals surface area contributed by atoms with Crippen LogP contribution in [0.5, 0.6) is 5.75 Å². The molecule has 1 fully saturated rings. The van der Waals surface area contributed by atoms with Crippen molar-refractivity contribution in [2.24, 2.45) is 11.7 Å². The van der Waals surface area contributed by atoms with Crippen molar-refractivity contribution in [2.75, 3.05) is 6.61 Å². The maximum atomic E-state index is 13.5. The van der Waals surface area contributed by atoms with Gasteiger partial charge in [0.25, 0.3) is 0 Å². The van der Waals surface area contributed by atoms with E-state index in [0.717, 1.165) is 23.7 Å². The molecule has 2 nitrogen and oxygen atoms in total. The van der Waals surface area contributed by atoms with Gasteiger partial charge in [-0.25, -0.2) is 4.39 Å². The van der Waals surface area contributed by atoms with Gasteiger partial charge in [-0.2, -0.15) is 0 Å². The van der Waals surface area contributed by atoms with Crippen LogP contribution >= 0.6 is 0 Å². The number of aryl methyl sites for hydroxylation is 1. The Morgan fingerprint density at radius 1 is 1.44 bits per heavy atom. The van der Waals surface area contributed by atoms with Crippen LogP contribution in [-0.4, -0.2) is 6.61 Å². The first-order valence-electron chi connectivity index (χ1n) is 6.76. The quantitative estimate of drug-likeness (QED) is 0.865. The number of benzene rings is 1. The van der Waals surface area contributed by atoms with Crippen LogP contribution in [0.15, 0.2) is 12.1 Å². The molecule has 18 heavy (non-hydrogen) atoms. The van der Waals surface area contributed by atoms with E-state index in [0.29, 0.717) is 12.2 Å². The second-order valence-electron chi connectivity index (χ2n) is 5.36. The van der Waals surface area contributed by atoms with Crippen molar-refractivity contribution in [1.82, 2.24) is 0 Å². The Kier molecular flexibility index (Phi) is 4.23. The average molecular weight is 251 g/mol. The minimum atomic E-state index is -0.214. The second-order valence-corrected chi connectivity index (χ2v) is 5.36. The molecule has 0 unspecified atom stereocenters. The molecule has 0 spiro atoms. The van der Waals surface area contributed by atoms with Crippen molar-refractivity contribution in [1.29, 1.82) is 0 Å². The van der Waals surface area contributed by atoms with Crippen LogP contribution in [0.4, 0.5) is 4.39 Å². The predicted molar refractivity (Wildman–Crippen MR) is 71.2 cm³/mol. The fourth-order valence-electron chi connectivity index (χ4n) is 2.27. The Balaban J connectivity index is 2.02. The maximum absolute atomic E-state index is 13.5. The first-order chi connectivity index (χ1) is 8.58. The van der Waals surface area contributed by atoms with E-state index in [9.17, 15) is 4.39 Å². The van der Waals surface area contributed by atoms with E-state index in [-0.39, 0.29) is 11.9 Å². The molecular formula is C15H22FNO. The lowest BCUT2D eigenvalue weighted by atomic mass is 9.83. The molecule has 2 N–H and O–H groups in total. The van der Waals surface area contributed by atoms with E-state index in [4.69, 9.17) is 10.5 Å².